The van der Waals surface area contributed by atoms with Gasteiger partial charge in [-0.1, -0.05) is 13.8 Å². The lowest BCUT2D eigenvalue weighted by atomic mass is 10.3. The van der Waals surface area contributed by atoms with Gasteiger partial charge in [-0.25, -0.2) is 4.68 Å². The summed E-state index contributed by atoms with van der Waals surface area (Å²) in [4.78, 5) is 0. The van der Waals surface area contributed by atoms with Crippen molar-refractivity contribution >= 4 is 11.8 Å². The number of aryl methyl sites for hydroxylation is 1. The summed E-state index contributed by atoms with van der Waals surface area (Å²) in [5.74, 6) is 2.76. The molecule has 0 bridgehead atoms. The maximum Gasteiger partial charge on any atom is 0.161 e. The van der Waals surface area contributed by atoms with Gasteiger partial charge >= 0.3 is 0 Å². The average Bonchev–Trinajstić information content (AvgIpc) is 2.66. The number of aromatic nitrogens is 4. The van der Waals surface area contributed by atoms with E-state index in [1.807, 2.05) is 4.68 Å². The lowest BCUT2D eigenvalue weighted by Gasteiger charge is -2.07. The van der Waals surface area contributed by atoms with Crippen LogP contribution in [-0.2, 0) is 12.3 Å². The van der Waals surface area contributed by atoms with Gasteiger partial charge in [-0.15, -0.1) is 5.10 Å². The van der Waals surface area contributed by atoms with Crippen molar-refractivity contribution in [1.82, 2.24) is 20.2 Å². The molecule has 15 heavy (non-hydrogen) atoms. The van der Waals surface area contributed by atoms with Gasteiger partial charge in [0.2, 0.25) is 0 Å². The molecule has 0 aliphatic rings. The molecule has 1 atom stereocenters. The third-order valence-corrected chi connectivity index (χ3v) is 3.26. The monoisotopic (exact) mass is 229 g/mol. The predicted molar refractivity (Wildman–Crippen MR) is 62.5 cm³/mol. The maximum absolute atomic E-state index is 5.83. The lowest BCUT2D eigenvalue weighted by Crippen LogP contribution is -2.21. The van der Waals surface area contributed by atoms with E-state index in [0.717, 1.165) is 36.7 Å². The molecule has 1 rings (SSSR count). The molecule has 1 unspecified atom stereocenters. The van der Waals surface area contributed by atoms with Gasteiger partial charge in [-0.3, -0.25) is 0 Å². The second-order valence-electron chi connectivity index (χ2n) is 3.50. The van der Waals surface area contributed by atoms with E-state index in [2.05, 4.69) is 29.4 Å². The summed E-state index contributed by atoms with van der Waals surface area (Å²) in [6.45, 7) is 5.11. The van der Waals surface area contributed by atoms with E-state index in [4.69, 9.17) is 5.73 Å². The average molecular weight is 229 g/mol. The Morgan fingerprint density at radius 1 is 1.47 bits per heavy atom. The molecule has 0 amide bonds. The van der Waals surface area contributed by atoms with E-state index >= 15 is 0 Å². The van der Waals surface area contributed by atoms with E-state index in [0.29, 0.717) is 0 Å². The van der Waals surface area contributed by atoms with Crippen LogP contribution in [0, 0.1) is 0 Å². The quantitative estimate of drug-likeness (QED) is 0.757. The normalized spacial score (nSPS) is 13.0. The number of hydrogen-bond donors (Lipinski definition) is 1. The fourth-order valence-corrected chi connectivity index (χ4v) is 2.18. The molecule has 5 nitrogen and oxygen atoms in total. The van der Waals surface area contributed by atoms with Crippen molar-refractivity contribution in [3.8, 4) is 0 Å². The number of hydrogen-bond acceptors (Lipinski definition) is 5. The molecule has 86 valence electrons. The number of thioether (sulfide) groups is 1. The molecule has 0 saturated carbocycles. The minimum Gasteiger partial charge on any atom is -0.327 e. The zero-order valence-electron chi connectivity index (χ0n) is 9.39. The van der Waals surface area contributed by atoms with Crippen LogP contribution in [0.2, 0.25) is 0 Å². The molecule has 0 aliphatic heterocycles. The second-order valence-corrected chi connectivity index (χ2v) is 4.53. The Morgan fingerprint density at radius 3 is 2.93 bits per heavy atom. The van der Waals surface area contributed by atoms with Crippen molar-refractivity contribution in [1.29, 1.82) is 0 Å². The summed E-state index contributed by atoms with van der Waals surface area (Å²) in [5.41, 5.74) is 5.83. The van der Waals surface area contributed by atoms with Crippen LogP contribution < -0.4 is 5.73 Å². The highest BCUT2D eigenvalue weighted by Crippen LogP contribution is 2.10. The van der Waals surface area contributed by atoms with Crippen molar-refractivity contribution in [3.63, 3.8) is 0 Å². The third-order valence-electron chi connectivity index (χ3n) is 2.13. The van der Waals surface area contributed by atoms with Crippen LogP contribution in [0.3, 0.4) is 0 Å². The minimum absolute atomic E-state index is 0.283. The lowest BCUT2D eigenvalue weighted by molar-refractivity contribution is 0.564. The topological polar surface area (TPSA) is 69.6 Å². The summed E-state index contributed by atoms with van der Waals surface area (Å²) in [7, 11) is 0. The van der Waals surface area contributed by atoms with Crippen molar-refractivity contribution < 1.29 is 0 Å². The maximum atomic E-state index is 5.83. The first-order chi connectivity index (χ1) is 7.27. The van der Waals surface area contributed by atoms with Crippen LogP contribution >= 0.6 is 11.8 Å². The van der Waals surface area contributed by atoms with Crippen LogP contribution in [-0.4, -0.2) is 32.0 Å². The zero-order chi connectivity index (χ0) is 11.1. The highest BCUT2D eigenvalue weighted by Gasteiger charge is 2.06. The molecule has 6 heteroatoms. The molecule has 2 N–H and O–H groups in total. The predicted octanol–water partition coefficient (Wildman–Crippen LogP) is 1.05. The van der Waals surface area contributed by atoms with Crippen LogP contribution in [0.1, 0.15) is 32.5 Å². The highest BCUT2D eigenvalue weighted by molar-refractivity contribution is 7.98. The van der Waals surface area contributed by atoms with E-state index in [-0.39, 0.29) is 6.04 Å². The number of rotatable bonds is 7. The summed E-state index contributed by atoms with van der Waals surface area (Å²) in [6.07, 6.45) is 2.07. The van der Waals surface area contributed by atoms with Crippen molar-refractivity contribution in [3.05, 3.63) is 5.82 Å². The van der Waals surface area contributed by atoms with E-state index in [1.165, 1.54) is 0 Å². The summed E-state index contributed by atoms with van der Waals surface area (Å²) >= 11 is 1.80. The first-order valence-corrected chi connectivity index (χ1v) is 6.51. The van der Waals surface area contributed by atoms with Gasteiger partial charge in [-0.2, -0.15) is 11.8 Å². The Balaban J connectivity index is 2.33. The van der Waals surface area contributed by atoms with E-state index < -0.39 is 0 Å². The standard InChI is InChI=1S/C9H19N5S/c1-3-5-14-9(11-12-13-14)7-15-6-8(10)4-2/h8H,3-7,10H2,1-2H3. The van der Waals surface area contributed by atoms with Crippen molar-refractivity contribution in [2.24, 2.45) is 5.73 Å². The third kappa shape index (κ3) is 4.17. The van der Waals surface area contributed by atoms with Crippen LogP contribution in [0.5, 0.6) is 0 Å². The Hall–Kier alpha value is -0.620. The summed E-state index contributed by atoms with van der Waals surface area (Å²) < 4.78 is 1.87. The molecule has 0 radical (unpaired) electrons. The van der Waals surface area contributed by atoms with Crippen LogP contribution in [0.25, 0.3) is 0 Å². The molecule has 0 aromatic carbocycles. The number of nitrogens with zero attached hydrogens (tertiary/aromatic N) is 4. The summed E-state index contributed by atoms with van der Waals surface area (Å²) in [6, 6.07) is 0.283. The molecule has 0 saturated heterocycles. The van der Waals surface area contributed by atoms with Crippen LogP contribution in [0.4, 0.5) is 0 Å². The molecule has 1 aromatic rings. The molecule has 1 aromatic heterocycles. The van der Waals surface area contributed by atoms with E-state index in [9.17, 15) is 0 Å². The Labute approximate surface area is 94.8 Å². The first kappa shape index (κ1) is 12.4. The zero-order valence-corrected chi connectivity index (χ0v) is 10.2. The van der Waals surface area contributed by atoms with Gasteiger partial charge in [0.15, 0.2) is 5.82 Å². The molecular formula is C9H19N5S. The van der Waals surface area contributed by atoms with Crippen molar-refractivity contribution in [2.75, 3.05) is 5.75 Å². The fraction of sp³-hybridized carbons (Fsp3) is 0.889. The largest absolute Gasteiger partial charge is 0.327 e. The van der Waals surface area contributed by atoms with E-state index in [1.54, 1.807) is 11.8 Å². The highest BCUT2D eigenvalue weighted by atomic mass is 32.2. The van der Waals surface area contributed by atoms with Gasteiger partial charge < -0.3 is 5.73 Å². The Kier molecular flexibility index (Phi) is 5.63. The van der Waals surface area contributed by atoms with Gasteiger partial charge in [0.25, 0.3) is 0 Å². The van der Waals surface area contributed by atoms with Gasteiger partial charge in [-0.05, 0) is 23.3 Å². The molecule has 0 aliphatic carbocycles. The van der Waals surface area contributed by atoms with Gasteiger partial charge in [0.1, 0.15) is 0 Å². The fourth-order valence-electron chi connectivity index (χ4n) is 1.13. The molecule has 0 spiro atoms. The minimum atomic E-state index is 0.283. The molecule has 0 fully saturated rings. The van der Waals surface area contributed by atoms with Crippen molar-refractivity contribution in [2.45, 2.75) is 45.0 Å². The smallest absolute Gasteiger partial charge is 0.161 e. The van der Waals surface area contributed by atoms with Gasteiger partial charge in [0, 0.05) is 18.3 Å². The number of nitrogens with two attached hydrogens (primary N) is 1. The second kappa shape index (κ2) is 6.79. The van der Waals surface area contributed by atoms with Crippen LogP contribution in [0.15, 0.2) is 0 Å². The first-order valence-electron chi connectivity index (χ1n) is 5.36. The summed E-state index contributed by atoms with van der Waals surface area (Å²) in [5, 5.41) is 11.6. The number of tetrazole rings is 1. The molecular weight excluding hydrogens is 210 g/mol. The molecule has 1 heterocycles. The SMILES string of the molecule is CCCn1nnnc1CSCC(N)CC. The Bertz CT molecular complexity index is 275. The Morgan fingerprint density at radius 2 is 2.27 bits per heavy atom. The van der Waals surface area contributed by atoms with Gasteiger partial charge in [0.05, 0.1) is 5.75 Å².